The van der Waals surface area contributed by atoms with Crippen LogP contribution in [0.1, 0.15) is 32.6 Å². The summed E-state index contributed by atoms with van der Waals surface area (Å²) >= 11 is 0. The first-order valence-corrected chi connectivity index (χ1v) is 6.20. The maximum absolute atomic E-state index is 11.4. The molecule has 0 radical (unpaired) electrons. The predicted octanol–water partition coefficient (Wildman–Crippen LogP) is 0.666. The Morgan fingerprint density at radius 3 is 2.75 bits per heavy atom. The minimum absolute atomic E-state index is 0.223. The second kappa shape index (κ2) is 6.21. The third kappa shape index (κ3) is 4.10. The van der Waals surface area contributed by atoms with E-state index < -0.39 is 0 Å². The predicted molar refractivity (Wildman–Crippen MR) is 66.2 cm³/mol. The first-order valence-electron chi connectivity index (χ1n) is 6.20. The van der Waals surface area contributed by atoms with Crippen molar-refractivity contribution in [2.75, 3.05) is 27.2 Å². The van der Waals surface area contributed by atoms with Gasteiger partial charge in [0.2, 0.25) is 5.91 Å². The molecule has 1 fully saturated rings. The molecule has 1 saturated heterocycles. The highest BCUT2D eigenvalue weighted by atomic mass is 16.2. The second-order valence-corrected chi connectivity index (χ2v) is 5.06. The zero-order valence-electron chi connectivity index (χ0n) is 10.8. The van der Waals surface area contributed by atoms with Crippen LogP contribution in [0.3, 0.4) is 0 Å². The number of piperidine rings is 1. The van der Waals surface area contributed by atoms with Gasteiger partial charge in [0.1, 0.15) is 0 Å². The highest BCUT2D eigenvalue weighted by Gasteiger charge is 2.22. The van der Waals surface area contributed by atoms with E-state index in [1.54, 1.807) is 4.90 Å². The number of carbonyl (C=O) groups excluding carboxylic acids is 1. The largest absolute Gasteiger partial charge is 0.349 e. The molecule has 0 spiro atoms. The molecule has 1 amide bonds. The molecule has 2 N–H and O–H groups in total. The average Bonchev–Trinajstić information content (AvgIpc) is 2.20. The van der Waals surface area contributed by atoms with Crippen molar-refractivity contribution in [1.82, 2.24) is 9.80 Å². The van der Waals surface area contributed by atoms with Crippen molar-refractivity contribution in [3.05, 3.63) is 0 Å². The first-order chi connectivity index (χ1) is 7.50. The van der Waals surface area contributed by atoms with Crippen molar-refractivity contribution in [2.24, 2.45) is 5.73 Å². The van der Waals surface area contributed by atoms with E-state index in [-0.39, 0.29) is 5.91 Å². The van der Waals surface area contributed by atoms with Crippen LogP contribution in [0.5, 0.6) is 0 Å². The van der Waals surface area contributed by atoms with Crippen LogP contribution >= 0.6 is 0 Å². The summed E-state index contributed by atoms with van der Waals surface area (Å²) in [4.78, 5) is 15.5. The third-order valence-electron chi connectivity index (χ3n) is 3.39. The lowest BCUT2D eigenvalue weighted by molar-refractivity contribution is -0.128. The van der Waals surface area contributed by atoms with Gasteiger partial charge in [-0.05, 0) is 39.3 Å². The van der Waals surface area contributed by atoms with Gasteiger partial charge in [-0.15, -0.1) is 0 Å². The van der Waals surface area contributed by atoms with Crippen molar-refractivity contribution in [2.45, 2.75) is 44.7 Å². The SMILES string of the molecule is CC1CC(N)CCN1CCCC(=O)N(C)C. The Kier molecular flexibility index (Phi) is 5.22. The number of hydrogen-bond donors (Lipinski definition) is 1. The fourth-order valence-electron chi connectivity index (χ4n) is 2.25. The molecule has 0 aromatic heterocycles. The Bertz CT molecular complexity index is 230. The van der Waals surface area contributed by atoms with Crippen LogP contribution in [-0.2, 0) is 4.79 Å². The van der Waals surface area contributed by atoms with Gasteiger partial charge in [-0.1, -0.05) is 0 Å². The van der Waals surface area contributed by atoms with Crippen LogP contribution < -0.4 is 5.73 Å². The minimum atomic E-state index is 0.223. The van der Waals surface area contributed by atoms with Gasteiger partial charge in [0, 0.05) is 32.6 Å². The summed E-state index contributed by atoms with van der Waals surface area (Å²) in [6.45, 7) is 4.33. The summed E-state index contributed by atoms with van der Waals surface area (Å²) < 4.78 is 0. The van der Waals surface area contributed by atoms with E-state index >= 15 is 0 Å². The molecule has 1 aliphatic rings. The van der Waals surface area contributed by atoms with E-state index in [2.05, 4.69) is 11.8 Å². The quantitative estimate of drug-likeness (QED) is 0.768. The Labute approximate surface area is 98.8 Å². The zero-order valence-corrected chi connectivity index (χ0v) is 10.8. The summed E-state index contributed by atoms with van der Waals surface area (Å²) in [5.41, 5.74) is 5.92. The van der Waals surface area contributed by atoms with Gasteiger partial charge in [0.15, 0.2) is 0 Å². The minimum Gasteiger partial charge on any atom is -0.349 e. The molecule has 4 heteroatoms. The molecule has 4 nitrogen and oxygen atoms in total. The van der Waals surface area contributed by atoms with E-state index in [1.807, 2.05) is 14.1 Å². The fraction of sp³-hybridized carbons (Fsp3) is 0.917. The van der Waals surface area contributed by atoms with E-state index in [0.29, 0.717) is 18.5 Å². The molecule has 94 valence electrons. The van der Waals surface area contributed by atoms with Crippen LogP contribution in [0, 0.1) is 0 Å². The van der Waals surface area contributed by atoms with E-state index in [1.165, 1.54) is 0 Å². The maximum Gasteiger partial charge on any atom is 0.222 e. The molecular weight excluding hydrogens is 202 g/mol. The van der Waals surface area contributed by atoms with Crippen molar-refractivity contribution in [3.8, 4) is 0 Å². The van der Waals surface area contributed by atoms with Gasteiger partial charge in [-0.2, -0.15) is 0 Å². The lowest BCUT2D eigenvalue weighted by atomic mass is 9.99. The Morgan fingerprint density at radius 2 is 2.19 bits per heavy atom. The van der Waals surface area contributed by atoms with Gasteiger partial charge in [0.25, 0.3) is 0 Å². The molecule has 0 saturated carbocycles. The van der Waals surface area contributed by atoms with E-state index in [9.17, 15) is 4.79 Å². The van der Waals surface area contributed by atoms with Gasteiger partial charge in [-0.3, -0.25) is 4.79 Å². The molecule has 0 aromatic rings. The number of hydrogen-bond acceptors (Lipinski definition) is 3. The molecule has 2 atom stereocenters. The van der Waals surface area contributed by atoms with Gasteiger partial charge in [0.05, 0.1) is 0 Å². The Balaban J connectivity index is 2.20. The average molecular weight is 227 g/mol. The summed E-state index contributed by atoms with van der Waals surface area (Å²) in [5, 5.41) is 0. The number of nitrogens with zero attached hydrogens (tertiary/aromatic N) is 2. The molecular formula is C12H25N3O. The lowest BCUT2D eigenvalue weighted by Crippen LogP contribution is -2.45. The monoisotopic (exact) mass is 227 g/mol. The standard InChI is InChI=1S/C12H25N3O/c1-10-9-11(13)6-8-15(10)7-4-5-12(16)14(2)3/h10-11H,4-9,13H2,1-3H3. The van der Waals surface area contributed by atoms with E-state index in [4.69, 9.17) is 5.73 Å². The van der Waals surface area contributed by atoms with Crippen LogP contribution in [-0.4, -0.2) is 55.0 Å². The smallest absolute Gasteiger partial charge is 0.222 e. The van der Waals surface area contributed by atoms with Crippen LogP contribution in [0.4, 0.5) is 0 Å². The third-order valence-corrected chi connectivity index (χ3v) is 3.39. The molecule has 16 heavy (non-hydrogen) atoms. The van der Waals surface area contributed by atoms with Crippen molar-refractivity contribution in [1.29, 1.82) is 0 Å². The lowest BCUT2D eigenvalue weighted by Gasteiger charge is -2.36. The molecule has 1 aliphatic heterocycles. The summed E-state index contributed by atoms with van der Waals surface area (Å²) in [5.74, 6) is 0.223. The highest BCUT2D eigenvalue weighted by molar-refractivity contribution is 5.75. The molecule has 2 unspecified atom stereocenters. The van der Waals surface area contributed by atoms with Crippen LogP contribution in [0.2, 0.25) is 0 Å². The number of nitrogens with two attached hydrogens (primary N) is 1. The van der Waals surface area contributed by atoms with Gasteiger partial charge >= 0.3 is 0 Å². The topological polar surface area (TPSA) is 49.6 Å². The summed E-state index contributed by atoms with van der Waals surface area (Å²) in [7, 11) is 3.62. The Morgan fingerprint density at radius 1 is 1.50 bits per heavy atom. The fourth-order valence-corrected chi connectivity index (χ4v) is 2.25. The summed E-state index contributed by atoms with van der Waals surface area (Å²) in [6.07, 6.45) is 3.78. The van der Waals surface area contributed by atoms with Crippen molar-refractivity contribution in [3.63, 3.8) is 0 Å². The molecule has 0 aliphatic carbocycles. The number of likely N-dealkylation sites (tertiary alicyclic amines) is 1. The number of rotatable bonds is 4. The van der Waals surface area contributed by atoms with Crippen molar-refractivity contribution < 1.29 is 4.79 Å². The Hall–Kier alpha value is -0.610. The maximum atomic E-state index is 11.4. The van der Waals surface area contributed by atoms with Crippen molar-refractivity contribution >= 4 is 5.91 Å². The van der Waals surface area contributed by atoms with Crippen LogP contribution in [0.15, 0.2) is 0 Å². The van der Waals surface area contributed by atoms with E-state index in [0.717, 1.165) is 32.4 Å². The second-order valence-electron chi connectivity index (χ2n) is 5.06. The first kappa shape index (κ1) is 13.5. The molecule has 1 rings (SSSR count). The highest BCUT2D eigenvalue weighted by Crippen LogP contribution is 2.16. The number of amides is 1. The van der Waals surface area contributed by atoms with Gasteiger partial charge in [-0.25, -0.2) is 0 Å². The van der Waals surface area contributed by atoms with Crippen LogP contribution in [0.25, 0.3) is 0 Å². The van der Waals surface area contributed by atoms with Gasteiger partial charge < -0.3 is 15.5 Å². The normalized spacial score (nSPS) is 26.8. The molecule has 0 bridgehead atoms. The molecule has 0 aromatic carbocycles. The summed E-state index contributed by atoms with van der Waals surface area (Å²) in [6, 6.07) is 0.938. The zero-order chi connectivity index (χ0) is 12.1. The number of carbonyl (C=O) groups is 1. The molecule has 1 heterocycles.